The molecule has 1 aromatic carbocycles. The summed E-state index contributed by atoms with van der Waals surface area (Å²) in [5, 5.41) is 0.503. The number of sulfone groups is 1. The van der Waals surface area contributed by atoms with Crippen molar-refractivity contribution in [3.63, 3.8) is 0 Å². The van der Waals surface area contributed by atoms with Crippen molar-refractivity contribution in [2.75, 3.05) is 6.26 Å². The Labute approximate surface area is 107 Å². The third-order valence-corrected chi connectivity index (χ3v) is 4.99. The van der Waals surface area contributed by atoms with Crippen molar-refractivity contribution in [2.45, 2.75) is 36.1 Å². The summed E-state index contributed by atoms with van der Waals surface area (Å²) in [5.74, 6) is 0. The molecule has 0 saturated heterocycles. The summed E-state index contributed by atoms with van der Waals surface area (Å²) in [6.45, 7) is 1.91. The maximum absolute atomic E-state index is 11.8. The number of benzene rings is 1. The summed E-state index contributed by atoms with van der Waals surface area (Å²) in [7, 11) is -3.27. The van der Waals surface area contributed by atoms with Crippen LogP contribution in [0.4, 0.5) is 0 Å². The summed E-state index contributed by atoms with van der Waals surface area (Å²) in [6.07, 6.45) is 3.01. The normalized spacial score (nSPS) is 20.0. The number of hydrogen-bond acceptors (Lipinski definition) is 3. The monoisotopic (exact) mass is 273 g/mol. The topological polar surface area (TPSA) is 60.2 Å². The molecule has 1 atom stereocenters. The lowest BCUT2D eigenvalue weighted by Gasteiger charge is -2.23. The van der Waals surface area contributed by atoms with E-state index in [1.807, 2.05) is 6.92 Å². The largest absolute Gasteiger partial charge is 0.327 e. The zero-order valence-corrected chi connectivity index (χ0v) is 11.5. The molecule has 1 unspecified atom stereocenters. The fourth-order valence-corrected chi connectivity index (χ4v) is 3.79. The highest BCUT2D eigenvalue weighted by molar-refractivity contribution is 7.90. The maximum Gasteiger partial charge on any atom is 0.175 e. The van der Waals surface area contributed by atoms with Gasteiger partial charge in [-0.25, -0.2) is 8.42 Å². The van der Waals surface area contributed by atoms with Gasteiger partial charge in [0.25, 0.3) is 0 Å². The molecule has 2 N–H and O–H groups in total. The van der Waals surface area contributed by atoms with Gasteiger partial charge < -0.3 is 5.73 Å². The van der Waals surface area contributed by atoms with Gasteiger partial charge in [-0.1, -0.05) is 17.7 Å². The maximum atomic E-state index is 11.8. The minimum absolute atomic E-state index is 0.0945. The highest BCUT2D eigenvalue weighted by Crippen LogP contribution is 2.54. The van der Waals surface area contributed by atoms with E-state index in [1.165, 1.54) is 6.26 Å². The second-order valence-corrected chi connectivity index (χ2v) is 7.22. The van der Waals surface area contributed by atoms with E-state index in [1.54, 1.807) is 18.2 Å². The highest BCUT2D eigenvalue weighted by atomic mass is 35.5. The fourth-order valence-electron chi connectivity index (χ4n) is 2.36. The Hall–Kier alpha value is -0.580. The standard InChI is InChI=1S/C12H16ClNO2S/c1-8(14)12(6-7-12)11-9(13)4-3-5-10(11)17(2,15)16/h3-5,8H,6-7,14H2,1-2H3. The molecule has 3 nitrogen and oxygen atoms in total. The van der Waals surface area contributed by atoms with E-state index >= 15 is 0 Å². The molecule has 0 amide bonds. The van der Waals surface area contributed by atoms with E-state index in [0.29, 0.717) is 15.5 Å². The second-order valence-electron chi connectivity index (χ2n) is 4.83. The van der Waals surface area contributed by atoms with Crippen LogP contribution in [0.5, 0.6) is 0 Å². The van der Waals surface area contributed by atoms with E-state index in [0.717, 1.165) is 12.8 Å². The molecule has 0 radical (unpaired) electrons. The van der Waals surface area contributed by atoms with Crippen molar-refractivity contribution in [3.8, 4) is 0 Å². The predicted octanol–water partition coefficient (Wildman–Crippen LogP) is 2.12. The molecule has 0 aromatic heterocycles. The fraction of sp³-hybridized carbons (Fsp3) is 0.500. The van der Waals surface area contributed by atoms with Crippen molar-refractivity contribution in [2.24, 2.45) is 5.73 Å². The van der Waals surface area contributed by atoms with E-state index in [4.69, 9.17) is 17.3 Å². The molecule has 94 valence electrons. The van der Waals surface area contributed by atoms with Crippen LogP contribution >= 0.6 is 11.6 Å². The second kappa shape index (κ2) is 3.97. The summed E-state index contributed by atoms with van der Waals surface area (Å²) in [4.78, 5) is 0.319. The van der Waals surface area contributed by atoms with Crippen LogP contribution in [0.15, 0.2) is 23.1 Å². The lowest BCUT2D eigenvalue weighted by Crippen LogP contribution is -2.33. The van der Waals surface area contributed by atoms with Crippen molar-refractivity contribution in [1.82, 2.24) is 0 Å². The predicted molar refractivity (Wildman–Crippen MR) is 69.1 cm³/mol. The van der Waals surface area contributed by atoms with Gasteiger partial charge in [-0.2, -0.15) is 0 Å². The minimum atomic E-state index is -3.27. The first kappa shape index (κ1) is 12.9. The molecule has 1 fully saturated rings. The number of hydrogen-bond donors (Lipinski definition) is 1. The van der Waals surface area contributed by atoms with E-state index in [2.05, 4.69) is 0 Å². The van der Waals surface area contributed by atoms with Crippen LogP contribution < -0.4 is 5.73 Å². The summed E-state index contributed by atoms with van der Waals surface area (Å²) in [5.41, 5.74) is 6.45. The molecule has 1 saturated carbocycles. The van der Waals surface area contributed by atoms with Crippen LogP contribution in [0.1, 0.15) is 25.3 Å². The minimum Gasteiger partial charge on any atom is -0.327 e. The first-order valence-electron chi connectivity index (χ1n) is 5.54. The summed E-state index contributed by atoms with van der Waals surface area (Å²) >= 11 is 6.18. The molecular formula is C12H16ClNO2S. The zero-order chi connectivity index (χ0) is 12.8. The van der Waals surface area contributed by atoms with Gasteiger partial charge in [-0.15, -0.1) is 0 Å². The lowest BCUT2D eigenvalue weighted by atomic mass is 9.89. The van der Waals surface area contributed by atoms with Crippen LogP contribution in [0, 0.1) is 0 Å². The van der Waals surface area contributed by atoms with Gasteiger partial charge in [0.2, 0.25) is 0 Å². The van der Waals surface area contributed by atoms with E-state index < -0.39 is 9.84 Å². The Morgan fingerprint density at radius 1 is 1.41 bits per heavy atom. The molecule has 1 aromatic rings. The van der Waals surface area contributed by atoms with Crippen LogP contribution in [-0.2, 0) is 15.3 Å². The summed E-state index contributed by atoms with van der Waals surface area (Å²) < 4.78 is 23.6. The molecule has 5 heteroatoms. The van der Waals surface area contributed by atoms with Gasteiger partial charge in [0, 0.05) is 22.7 Å². The van der Waals surface area contributed by atoms with Crippen LogP contribution in [0.3, 0.4) is 0 Å². The first-order valence-corrected chi connectivity index (χ1v) is 7.80. The first-order chi connectivity index (χ1) is 7.79. The third kappa shape index (κ3) is 2.09. The number of nitrogens with two attached hydrogens (primary N) is 1. The summed E-state index contributed by atoms with van der Waals surface area (Å²) in [6, 6.07) is 4.91. The molecule has 0 heterocycles. The number of rotatable bonds is 3. The average molecular weight is 274 g/mol. The van der Waals surface area contributed by atoms with Gasteiger partial charge in [-0.05, 0) is 37.5 Å². The molecule has 0 aliphatic heterocycles. The Morgan fingerprint density at radius 3 is 2.41 bits per heavy atom. The van der Waals surface area contributed by atoms with Crippen LogP contribution in [0.2, 0.25) is 5.02 Å². The zero-order valence-electron chi connectivity index (χ0n) is 9.90. The highest BCUT2D eigenvalue weighted by Gasteiger charge is 2.50. The molecule has 0 bridgehead atoms. The van der Waals surface area contributed by atoms with Crippen molar-refractivity contribution < 1.29 is 8.42 Å². The SMILES string of the molecule is CC(N)C1(c2c(Cl)cccc2S(C)(=O)=O)CC1. The van der Waals surface area contributed by atoms with Gasteiger partial charge in [0.15, 0.2) is 9.84 Å². The van der Waals surface area contributed by atoms with Gasteiger partial charge >= 0.3 is 0 Å². The quantitative estimate of drug-likeness (QED) is 0.918. The molecule has 0 spiro atoms. The molecule has 2 rings (SSSR count). The number of halogens is 1. The average Bonchev–Trinajstić information content (AvgIpc) is 2.96. The van der Waals surface area contributed by atoms with Crippen molar-refractivity contribution >= 4 is 21.4 Å². The Kier molecular flexibility index (Phi) is 3.00. The van der Waals surface area contributed by atoms with Gasteiger partial charge in [0.05, 0.1) is 4.90 Å². The Bertz CT molecular complexity index is 548. The Morgan fingerprint density at radius 2 is 2.00 bits per heavy atom. The van der Waals surface area contributed by atoms with E-state index in [-0.39, 0.29) is 11.5 Å². The smallest absolute Gasteiger partial charge is 0.175 e. The van der Waals surface area contributed by atoms with E-state index in [9.17, 15) is 8.42 Å². The Balaban J connectivity index is 2.69. The van der Waals surface area contributed by atoms with Gasteiger partial charge in [0.1, 0.15) is 0 Å². The third-order valence-electron chi connectivity index (χ3n) is 3.53. The van der Waals surface area contributed by atoms with Crippen molar-refractivity contribution in [1.29, 1.82) is 0 Å². The molecule has 1 aliphatic carbocycles. The molecular weight excluding hydrogens is 258 g/mol. The van der Waals surface area contributed by atoms with Crippen LogP contribution in [0.25, 0.3) is 0 Å². The lowest BCUT2D eigenvalue weighted by molar-refractivity contribution is 0.542. The van der Waals surface area contributed by atoms with Crippen molar-refractivity contribution in [3.05, 3.63) is 28.8 Å². The van der Waals surface area contributed by atoms with Crippen LogP contribution in [-0.4, -0.2) is 20.7 Å². The van der Waals surface area contributed by atoms with Gasteiger partial charge in [-0.3, -0.25) is 0 Å². The molecule has 17 heavy (non-hydrogen) atoms. The molecule has 1 aliphatic rings.